The van der Waals surface area contributed by atoms with E-state index in [4.69, 9.17) is 10.00 Å². The van der Waals surface area contributed by atoms with Crippen LogP contribution in [0.3, 0.4) is 0 Å². The van der Waals surface area contributed by atoms with Crippen LogP contribution >= 0.6 is 0 Å². The van der Waals surface area contributed by atoms with Crippen molar-refractivity contribution in [2.75, 3.05) is 11.9 Å². The lowest BCUT2D eigenvalue weighted by molar-refractivity contribution is 0.102. The second-order valence-corrected chi connectivity index (χ2v) is 3.98. The molecule has 0 spiro atoms. The molecule has 0 unspecified atom stereocenters. The highest BCUT2D eigenvalue weighted by Crippen LogP contribution is 2.17. The van der Waals surface area contributed by atoms with E-state index in [0.717, 1.165) is 0 Å². The van der Waals surface area contributed by atoms with Crippen LogP contribution in [0, 0.1) is 11.3 Å². The minimum Gasteiger partial charge on any atom is -0.508 e. The van der Waals surface area contributed by atoms with Crippen LogP contribution in [0.5, 0.6) is 11.5 Å². The van der Waals surface area contributed by atoms with Gasteiger partial charge in [0.25, 0.3) is 5.91 Å². The molecule has 20 heavy (non-hydrogen) atoms. The van der Waals surface area contributed by atoms with Crippen molar-refractivity contribution in [1.29, 1.82) is 5.26 Å². The van der Waals surface area contributed by atoms with Crippen molar-refractivity contribution in [3.63, 3.8) is 0 Å². The Morgan fingerprint density at radius 1 is 1.25 bits per heavy atom. The smallest absolute Gasteiger partial charge is 0.255 e. The number of hydrogen-bond acceptors (Lipinski definition) is 4. The Hall–Kier alpha value is -3.00. The van der Waals surface area contributed by atoms with Crippen molar-refractivity contribution in [3.8, 4) is 17.6 Å². The number of aromatic hydroxyl groups is 1. The van der Waals surface area contributed by atoms with Gasteiger partial charge >= 0.3 is 0 Å². The Morgan fingerprint density at radius 3 is 2.65 bits per heavy atom. The van der Waals surface area contributed by atoms with E-state index in [-0.39, 0.29) is 18.3 Å². The van der Waals surface area contributed by atoms with E-state index in [2.05, 4.69) is 5.32 Å². The monoisotopic (exact) mass is 268 g/mol. The van der Waals surface area contributed by atoms with Gasteiger partial charge in [0.05, 0.1) is 0 Å². The van der Waals surface area contributed by atoms with E-state index in [9.17, 15) is 9.90 Å². The van der Waals surface area contributed by atoms with Gasteiger partial charge < -0.3 is 15.2 Å². The fourth-order valence-electron chi connectivity index (χ4n) is 1.60. The summed E-state index contributed by atoms with van der Waals surface area (Å²) in [5, 5.41) is 20.4. The third kappa shape index (κ3) is 3.50. The number of benzene rings is 2. The van der Waals surface area contributed by atoms with Crippen molar-refractivity contribution in [1.82, 2.24) is 0 Å². The summed E-state index contributed by atoms with van der Waals surface area (Å²) in [6.07, 6.45) is 0. The summed E-state index contributed by atoms with van der Waals surface area (Å²) < 4.78 is 5.11. The Morgan fingerprint density at radius 2 is 2.00 bits per heavy atom. The molecule has 0 fully saturated rings. The fourth-order valence-corrected chi connectivity index (χ4v) is 1.60. The average Bonchev–Trinajstić information content (AvgIpc) is 2.46. The summed E-state index contributed by atoms with van der Waals surface area (Å²) in [4.78, 5) is 11.9. The largest absolute Gasteiger partial charge is 0.508 e. The molecule has 0 bridgehead atoms. The van der Waals surface area contributed by atoms with Gasteiger partial charge in [0.1, 0.15) is 17.6 Å². The number of carbonyl (C=O) groups excluding carboxylic acids is 1. The standard InChI is InChI=1S/C15H12N2O3/c16-8-9-20-14-6-4-12(5-7-14)17-15(19)11-2-1-3-13(18)10-11/h1-7,10,18H,9H2,(H,17,19). The van der Waals surface area contributed by atoms with Crippen LogP contribution in [-0.4, -0.2) is 17.6 Å². The Balaban J connectivity index is 2.03. The van der Waals surface area contributed by atoms with E-state index in [1.165, 1.54) is 12.1 Å². The van der Waals surface area contributed by atoms with Gasteiger partial charge in [-0.15, -0.1) is 0 Å². The highest BCUT2D eigenvalue weighted by molar-refractivity contribution is 6.04. The molecule has 2 aromatic rings. The van der Waals surface area contributed by atoms with Crippen LogP contribution in [-0.2, 0) is 0 Å². The molecule has 0 aromatic heterocycles. The summed E-state index contributed by atoms with van der Waals surface area (Å²) in [5.74, 6) is 0.284. The maximum absolute atomic E-state index is 11.9. The SMILES string of the molecule is N#CCOc1ccc(NC(=O)c2cccc(O)c2)cc1. The lowest BCUT2D eigenvalue weighted by Gasteiger charge is -2.07. The number of nitrogens with zero attached hydrogens (tertiary/aromatic N) is 1. The van der Waals surface area contributed by atoms with Gasteiger partial charge in [-0.3, -0.25) is 4.79 Å². The lowest BCUT2D eigenvalue weighted by Crippen LogP contribution is -2.11. The minimum atomic E-state index is -0.313. The van der Waals surface area contributed by atoms with Gasteiger partial charge in [0, 0.05) is 11.3 Å². The predicted octanol–water partition coefficient (Wildman–Crippen LogP) is 2.55. The lowest BCUT2D eigenvalue weighted by atomic mass is 10.2. The fraction of sp³-hybridized carbons (Fsp3) is 0.0667. The molecule has 0 aliphatic heterocycles. The first-order valence-corrected chi connectivity index (χ1v) is 5.89. The van der Waals surface area contributed by atoms with E-state index >= 15 is 0 Å². The molecule has 0 aliphatic carbocycles. The van der Waals surface area contributed by atoms with Crippen molar-refractivity contribution in [2.45, 2.75) is 0 Å². The summed E-state index contributed by atoms with van der Waals surface area (Å²) in [6.45, 7) is -0.0189. The third-order valence-electron chi connectivity index (χ3n) is 2.52. The highest BCUT2D eigenvalue weighted by atomic mass is 16.5. The van der Waals surface area contributed by atoms with Gasteiger partial charge in [-0.25, -0.2) is 0 Å². The number of ether oxygens (including phenoxy) is 1. The van der Waals surface area contributed by atoms with E-state index in [1.807, 2.05) is 6.07 Å². The number of nitriles is 1. The van der Waals surface area contributed by atoms with Crippen LogP contribution in [0.2, 0.25) is 0 Å². The van der Waals surface area contributed by atoms with Crippen molar-refractivity contribution >= 4 is 11.6 Å². The molecule has 5 nitrogen and oxygen atoms in total. The maximum atomic E-state index is 11.9. The number of anilines is 1. The van der Waals surface area contributed by atoms with E-state index < -0.39 is 0 Å². The van der Waals surface area contributed by atoms with Crippen molar-refractivity contribution < 1.29 is 14.6 Å². The molecule has 2 rings (SSSR count). The predicted molar refractivity (Wildman–Crippen MR) is 73.6 cm³/mol. The quantitative estimate of drug-likeness (QED) is 0.892. The number of rotatable bonds is 4. The van der Waals surface area contributed by atoms with Crippen molar-refractivity contribution in [3.05, 3.63) is 54.1 Å². The van der Waals surface area contributed by atoms with Crippen LogP contribution in [0.15, 0.2) is 48.5 Å². The average molecular weight is 268 g/mol. The van der Waals surface area contributed by atoms with Gasteiger partial charge in [0.15, 0.2) is 6.61 Å². The molecule has 0 atom stereocenters. The number of phenols is 1. The first-order chi connectivity index (χ1) is 9.69. The second kappa shape index (κ2) is 6.25. The molecule has 1 amide bonds. The van der Waals surface area contributed by atoms with E-state index in [0.29, 0.717) is 17.0 Å². The number of hydrogen-bond donors (Lipinski definition) is 2. The van der Waals surface area contributed by atoms with Crippen LogP contribution in [0.1, 0.15) is 10.4 Å². The minimum absolute atomic E-state index is 0.0189. The molecule has 100 valence electrons. The summed E-state index contributed by atoms with van der Waals surface area (Å²) in [6, 6.07) is 14.6. The van der Waals surface area contributed by atoms with Gasteiger partial charge in [0.2, 0.25) is 0 Å². The highest BCUT2D eigenvalue weighted by Gasteiger charge is 2.06. The maximum Gasteiger partial charge on any atom is 0.255 e. The number of carbonyl (C=O) groups is 1. The van der Waals surface area contributed by atoms with Crippen molar-refractivity contribution in [2.24, 2.45) is 0 Å². The summed E-state index contributed by atoms with van der Waals surface area (Å²) in [5.41, 5.74) is 0.970. The Labute approximate surface area is 116 Å². The molecule has 0 saturated heterocycles. The zero-order valence-corrected chi connectivity index (χ0v) is 10.5. The molecule has 0 saturated carbocycles. The molecule has 0 aliphatic rings. The Bertz CT molecular complexity index is 645. The molecule has 0 radical (unpaired) electrons. The molecule has 5 heteroatoms. The third-order valence-corrected chi connectivity index (χ3v) is 2.52. The molecule has 2 N–H and O–H groups in total. The van der Waals surface area contributed by atoms with E-state index in [1.54, 1.807) is 36.4 Å². The number of phenolic OH excluding ortho intramolecular Hbond substituents is 1. The van der Waals surface area contributed by atoms with Gasteiger partial charge in [-0.05, 0) is 42.5 Å². The zero-order chi connectivity index (χ0) is 14.4. The first kappa shape index (κ1) is 13.4. The van der Waals surface area contributed by atoms with Gasteiger partial charge in [-0.2, -0.15) is 5.26 Å². The molecular formula is C15H12N2O3. The molecule has 0 heterocycles. The van der Waals surface area contributed by atoms with Crippen LogP contribution in [0.4, 0.5) is 5.69 Å². The zero-order valence-electron chi connectivity index (χ0n) is 10.5. The van der Waals surface area contributed by atoms with Crippen LogP contribution < -0.4 is 10.1 Å². The summed E-state index contributed by atoms with van der Waals surface area (Å²) >= 11 is 0. The van der Waals surface area contributed by atoms with Crippen LogP contribution in [0.25, 0.3) is 0 Å². The molecule has 2 aromatic carbocycles. The first-order valence-electron chi connectivity index (χ1n) is 5.89. The van der Waals surface area contributed by atoms with Gasteiger partial charge in [-0.1, -0.05) is 6.07 Å². The topological polar surface area (TPSA) is 82.3 Å². The number of nitrogens with one attached hydrogen (secondary N) is 1. The number of amides is 1. The normalized spacial score (nSPS) is 9.55. The molecular weight excluding hydrogens is 256 g/mol. The second-order valence-electron chi connectivity index (χ2n) is 3.98. The Kier molecular flexibility index (Phi) is 4.20. The summed E-state index contributed by atoms with van der Waals surface area (Å²) in [7, 11) is 0.